The lowest BCUT2D eigenvalue weighted by molar-refractivity contribution is -0.385. The topological polar surface area (TPSA) is 58.4 Å². The summed E-state index contributed by atoms with van der Waals surface area (Å²) in [5, 5.41) is 14.3. The lowest BCUT2D eigenvalue weighted by atomic mass is 10.0. The number of nitro benzene ring substituents is 1. The number of nitrogens with zero attached hydrogens (tertiary/aromatic N) is 2. The van der Waals surface area contributed by atoms with Gasteiger partial charge in [-0.3, -0.25) is 15.0 Å². The van der Waals surface area contributed by atoms with Crippen LogP contribution >= 0.6 is 12.4 Å². The van der Waals surface area contributed by atoms with Crippen molar-refractivity contribution in [2.45, 2.75) is 6.54 Å². The first-order valence-electron chi connectivity index (χ1n) is 6.49. The fraction of sp³-hybridized carbons (Fsp3) is 0.538. The van der Waals surface area contributed by atoms with E-state index in [2.05, 4.69) is 10.2 Å². The first kappa shape index (κ1) is 15.2. The summed E-state index contributed by atoms with van der Waals surface area (Å²) in [5.74, 6) is 0.849. The van der Waals surface area contributed by atoms with Crippen molar-refractivity contribution in [3.05, 3.63) is 39.7 Å². The maximum absolute atomic E-state index is 13.3. The SMILES string of the molecule is Cl.O=[N+]([O-])c1ccc(F)cc1CN1C[C@H]2CNC[C@H]2C1. The van der Waals surface area contributed by atoms with Crippen molar-refractivity contribution in [1.82, 2.24) is 10.2 Å². The van der Waals surface area contributed by atoms with Gasteiger partial charge in [0, 0.05) is 31.3 Å². The molecule has 0 aromatic heterocycles. The number of hydrogen-bond donors (Lipinski definition) is 1. The minimum atomic E-state index is -0.437. The van der Waals surface area contributed by atoms with E-state index in [-0.39, 0.29) is 18.1 Å². The van der Waals surface area contributed by atoms with E-state index < -0.39 is 10.7 Å². The minimum Gasteiger partial charge on any atom is -0.316 e. The second-order valence-corrected chi connectivity index (χ2v) is 5.40. The summed E-state index contributed by atoms with van der Waals surface area (Å²) in [4.78, 5) is 12.7. The second-order valence-electron chi connectivity index (χ2n) is 5.40. The zero-order valence-corrected chi connectivity index (χ0v) is 11.7. The number of rotatable bonds is 3. The van der Waals surface area contributed by atoms with Crippen molar-refractivity contribution >= 4 is 18.1 Å². The minimum absolute atomic E-state index is 0. The monoisotopic (exact) mass is 301 g/mol. The number of nitro groups is 1. The molecule has 1 aromatic rings. The van der Waals surface area contributed by atoms with Crippen molar-refractivity contribution in [2.24, 2.45) is 11.8 Å². The highest BCUT2D eigenvalue weighted by atomic mass is 35.5. The Morgan fingerprint density at radius 1 is 1.35 bits per heavy atom. The smallest absolute Gasteiger partial charge is 0.274 e. The van der Waals surface area contributed by atoms with E-state index in [0.717, 1.165) is 32.2 Å². The molecule has 5 nitrogen and oxygen atoms in total. The van der Waals surface area contributed by atoms with Gasteiger partial charge in [0.05, 0.1) is 4.92 Å². The Morgan fingerprint density at radius 3 is 2.60 bits per heavy atom. The molecule has 0 unspecified atom stereocenters. The first-order chi connectivity index (χ1) is 9.13. The zero-order chi connectivity index (χ0) is 13.4. The molecule has 7 heteroatoms. The van der Waals surface area contributed by atoms with Crippen LogP contribution in [0.2, 0.25) is 0 Å². The third-order valence-corrected chi connectivity index (χ3v) is 4.10. The molecule has 20 heavy (non-hydrogen) atoms. The van der Waals surface area contributed by atoms with E-state index in [0.29, 0.717) is 23.9 Å². The van der Waals surface area contributed by atoms with E-state index in [9.17, 15) is 14.5 Å². The highest BCUT2D eigenvalue weighted by Gasteiger charge is 2.36. The highest BCUT2D eigenvalue weighted by molar-refractivity contribution is 5.85. The molecule has 0 amide bonds. The van der Waals surface area contributed by atoms with Gasteiger partial charge in [0.2, 0.25) is 0 Å². The third kappa shape index (κ3) is 2.92. The van der Waals surface area contributed by atoms with Crippen molar-refractivity contribution in [3.63, 3.8) is 0 Å². The Morgan fingerprint density at radius 2 is 2.00 bits per heavy atom. The number of halogens is 2. The van der Waals surface area contributed by atoms with Gasteiger partial charge in [-0.2, -0.15) is 0 Å². The summed E-state index contributed by atoms with van der Waals surface area (Å²) in [6, 6.07) is 3.68. The molecule has 0 saturated carbocycles. The lowest BCUT2D eigenvalue weighted by Crippen LogP contribution is -2.25. The van der Waals surface area contributed by atoms with Crippen LogP contribution < -0.4 is 5.32 Å². The quantitative estimate of drug-likeness (QED) is 0.683. The number of nitrogens with one attached hydrogen (secondary N) is 1. The molecular weight excluding hydrogens is 285 g/mol. The van der Waals surface area contributed by atoms with Crippen molar-refractivity contribution in [2.75, 3.05) is 26.2 Å². The summed E-state index contributed by atoms with van der Waals surface area (Å²) in [7, 11) is 0. The van der Waals surface area contributed by atoms with Crippen LogP contribution in [0.3, 0.4) is 0 Å². The van der Waals surface area contributed by atoms with Gasteiger partial charge in [-0.25, -0.2) is 4.39 Å². The molecular formula is C13H17ClFN3O2. The van der Waals surface area contributed by atoms with Gasteiger partial charge < -0.3 is 5.32 Å². The normalized spacial score (nSPS) is 25.2. The van der Waals surface area contributed by atoms with Crippen molar-refractivity contribution < 1.29 is 9.31 Å². The Hall–Kier alpha value is -1.24. The van der Waals surface area contributed by atoms with Crippen LogP contribution in [0.25, 0.3) is 0 Å². The molecule has 1 N–H and O–H groups in total. The maximum atomic E-state index is 13.3. The fourth-order valence-corrected chi connectivity index (χ4v) is 3.18. The second kappa shape index (κ2) is 6.03. The van der Waals surface area contributed by atoms with Crippen molar-refractivity contribution in [1.29, 1.82) is 0 Å². The Balaban J connectivity index is 0.00000147. The van der Waals surface area contributed by atoms with Crippen LogP contribution in [-0.2, 0) is 6.54 Å². The molecule has 0 aliphatic carbocycles. The third-order valence-electron chi connectivity index (χ3n) is 4.10. The Labute approximate surface area is 122 Å². The molecule has 2 heterocycles. The fourth-order valence-electron chi connectivity index (χ4n) is 3.18. The molecule has 2 atom stereocenters. The van der Waals surface area contributed by atoms with Gasteiger partial charge in [0.15, 0.2) is 0 Å². The molecule has 2 saturated heterocycles. The van der Waals surface area contributed by atoms with Gasteiger partial charge in [-0.05, 0) is 37.1 Å². The van der Waals surface area contributed by atoms with E-state index in [1.807, 2.05) is 0 Å². The summed E-state index contributed by atoms with van der Waals surface area (Å²) < 4.78 is 13.3. The highest BCUT2D eigenvalue weighted by Crippen LogP contribution is 2.29. The van der Waals surface area contributed by atoms with Crippen LogP contribution in [0.4, 0.5) is 10.1 Å². The molecule has 2 aliphatic heterocycles. The molecule has 0 spiro atoms. The number of likely N-dealkylation sites (tertiary alicyclic amines) is 1. The summed E-state index contributed by atoms with van der Waals surface area (Å²) in [6.45, 7) is 4.37. The van der Waals surface area contributed by atoms with E-state index >= 15 is 0 Å². The molecule has 0 bridgehead atoms. The van der Waals surface area contributed by atoms with E-state index in [1.165, 1.54) is 12.1 Å². The number of hydrogen-bond acceptors (Lipinski definition) is 4. The number of benzene rings is 1. The van der Waals surface area contributed by atoms with Crippen LogP contribution in [0, 0.1) is 27.8 Å². The molecule has 0 radical (unpaired) electrons. The first-order valence-corrected chi connectivity index (χ1v) is 6.49. The summed E-state index contributed by atoms with van der Waals surface area (Å²) in [5.41, 5.74) is 0.481. The van der Waals surface area contributed by atoms with Gasteiger partial charge in [0.25, 0.3) is 5.69 Å². The lowest BCUT2D eigenvalue weighted by Gasteiger charge is -2.16. The van der Waals surface area contributed by atoms with Crippen LogP contribution in [0.15, 0.2) is 18.2 Å². The standard InChI is InChI=1S/C13H16FN3O2.ClH/c14-12-1-2-13(17(18)19)9(3-12)6-16-7-10-4-15-5-11(10)8-16;/h1-3,10-11,15H,4-8H2;1H/t10-,11+;. The Kier molecular flexibility index (Phi) is 4.57. The van der Waals surface area contributed by atoms with Crippen LogP contribution in [0.5, 0.6) is 0 Å². The summed E-state index contributed by atoms with van der Waals surface area (Å²) in [6.07, 6.45) is 0. The number of fused-ring (bicyclic) bond motifs is 1. The molecule has 3 rings (SSSR count). The van der Waals surface area contributed by atoms with Gasteiger partial charge in [-0.1, -0.05) is 0 Å². The van der Waals surface area contributed by atoms with Gasteiger partial charge >= 0.3 is 0 Å². The largest absolute Gasteiger partial charge is 0.316 e. The van der Waals surface area contributed by atoms with E-state index in [1.54, 1.807) is 0 Å². The molecule has 2 fully saturated rings. The molecule has 2 aliphatic rings. The predicted molar refractivity (Wildman–Crippen MR) is 75.4 cm³/mol. The average molecular weight is 302 g/mol. The maximum Gasteiger partial charge on any atom is 0.274 e. The molecule has 110 valence electrons. The summed E-state index contributed by atoms with van der Waals surface area (Å²) >= 11 is 0. The Bertz CT molecular complexity index is 502. The van der Waals surface area contributed by atoms with E-state index in [4.69, 9.17) is 0 Å². The molecule has 1 aromatic carbocycles. The van der Waals surface area contributed by atoms with Gasteiger partial charge in [-0.15, -0.1) is 12.4 Å². The zero-order valence-electron chi connectivity index (χ0n) is 10.9. The van der Waals surface area contributed by atoms with Crippen LogP contribution in [-0.4, -0.2) is 36.0 Å². The average Bonchev–Trinajstić information content (AvgIpc) is 2.89. The van der Waals surface area contributed by atoms with Crippen LogP contribution in [0.1, 0.15) is 5.56 Å². The predicted octanol–water partition coefficient (Wildman–Crippen LogP) is 1.81. The van der Waals surface area contributed by atoms with Crippen molar-refractivity contribution in [3.8, 4) is 0 Å². The van der Waals surface area contributed by atoms with Gasteiger partial charge in [0.1, 0.15) is 5.82 Å².